The topological polar surface area (TPSA) is 46.3 Å². The van der Waals surface area contributed by atoms with Crippen molar-refractivity contribution in [1.82, 2.24) is 4.90 Å². The molecule has 2 saturated carbocycles. The Bertz CT molecular complexity index is 336. The van der Waals surface area contributed by atoms with Crippen LogP contribution in [-0.2, 0) is 4.79 Å². The van der Waals surface area contributed by atoms with Gasteiger partial charge in [-0.15, -0.1) is 0 Å². The Hall–Kier alpha value is -0.570. The van der Waals surface area contributed by atoms with Gasteiger partial charge in [-0.2, -0.15) is 0 Å². The van der Waals surface area contributed by atoms with E-state index >= 15 is 0 Å². The van der Waals surface area contributed by atoms with Crippen LogP contribution in [0.3, 0.4) is 0 Å². The summed E-state index contributed by atoms with van der Waals surface area (Å²) >= 11 is 0. The van der Waals surface area contributed by atoms with Crippen molar-refractivity contribution in [3.05, 3.63) is 0 Å². The van der Waals surface area contributed by atoms with E-state index in [-0.39, 0.29) is 5.41 Å². The van der Waals surface area contributed by atoms with Gasteiger partial charge >= 0.3 is 0 Å². The highest BCUT2D eigenvalue weighted by Gasteiger charge is 2.44. The Morgan fingerprint density at radius 2 is 1.74 bits per heavy atom. The summed E-state index contributed by atoms with van der Waals surface area (Å²) in [6.45, 7) is 2.56. The van der Waals surface area contributed by atoms with Crippen molar-refractivity contribution < 1.29 is 4.79 Å². The second-order valence-electron chi connectivity index (χ2n) is 7.04. The number of carbonyl (C=O) groups excluding carboxylic acids is 1. The molecule has 3 heteroatoms. The minimum absolute atomic E-state index is 0.193. The number of fused-ring (bicyclic) bond motifs is 1. The highest BCUT2D eigenvalue weighted by atomic mass is 16.2. The van der Waals surface area contributed by atoms with Gasteiger partial charge in [0.05, 0.1) is 5.41 Å². The lowest BCUT2D eigenvalue weighted by molar-refractivity contribution is -0.144. The van der Waals surface area contributed by atoms with Crippen LogP contribution in [0.4, 0.5) is 0 Å². The van der Waals surface area contributed by atoms with E-state index in [0.29, 0.717) is 12.5 Å². The molecule has 1 amide bonds. The Labute approximate surface area is 116 Å². The number of amides is 1. The highest BCUT2D eigenvalue weighted by Crippen LogP contribution is 2.42. The van der Waals surface area contributed by atoms with Crippen LogP contribution in [0.1, 0.15) is 57.8 Å². The van der Waals surface area contributed by atoms with Crippen molar-refractivity contribution in [3.63, 3.8) is 0 Å². The molecule has 2 aliphatic carbocycles. The molecule has 0 aromatic carbocycles. The maximum Gasteiger partial charge on any atom is 0.230 e. The molecule has 19 heavy (non-hydrogen) atoms. The van der Waals surface area contributed by atoms with Crippen LogP contribution >= 0.6 is 0 Å². The van der Waals surface area contributed by atoms with Gasteiger partial charge in [0.15, 0.2) is 0 Å². The molecular formula is C16H28N2O. The summed E-state index contributed by atoms with van der Waals surface area (Å²) in [4.78, 5) is 15.0. The molecule has 108 valence electrons. The first kappa shape index (κ1) is 13.4. The van der Waals surface area contributed by atoms with Gasteiger partial charge in [0, 0.05) is 19.6 Å². The SMILES string of the molecule is NCC1(C(=O)N2CCC3CCCCC3C2)CCCC1. The highest BCUT2D eigenvalue weighted by molar-refractivity contribution is 5.83. The first-order chi connectivity index (χ1) is 9.25. The number of nitrogens with zero attached hydrogens (tertiary/aromatic N) is 1. The van der Waals surface area contributed by atoms with E-state index in [9.17, 15) is 4.79 Å². The van der Waals surface area contributed by atoms with Crippen molar-refractivity contribution in [1.29, 1.82) is 0 Å². The standard InChI is InChI=1S/C16H28N2O/c17-12-16(8-3-4-9-16)15(19)18-10-7-13-5-1-2-6-14(13)11-18/h13-14H,1-12,17H2. The minimum Gasteiger partial charge on any atom is -0.342 e. The molecule has 2 N–H and O–H groups in total. The molecule has 0 bridgehead atoms. The van der Waals surface area contributed by atoms with Gasteiger partial charge in [0.2, 0.25) is 5.91 Å². The molecular weight excluding hydrogens is 236 g/mol. The van der Waals surface area contributed by atoms with Crippen molar-refractivity contribution in [2.75, 3.05) is 19.6 Å². The fourth-order valence-electron chi connectivity index (χ4n) is 4.68. The third-order valence-electron chi connectivity index (χ3n) is 5.98. The molecule has 1 saturated heterocycles. The third-order valence-corrected chi connectivity index (χ3v) is 5.98. The van der Waals surface area contributed by atoms with E-state index in [1.54, 1.807) is 0 Å². The number of hydrogen-bond donors (Lipinski definition) is 1. The zero-order valence-electron chi connectivity index (χ0n) is 12.1. The van der Waals surface area contributed by atoms with Crippen LogP contribution in [0.25, 0.3) is 0 Å². The Morgan fingerprint density at radius 3 is 2.42 bits per heavy atom. The van der Waals surface area contributed by atoms with Gasteiger partial charge in [-0.25, -0.2) is 0 Å². The molecule has 0 spiro atoms. The largest absolute Gasteiger partial charge is 0.342 e. The van der Waals surface area contributed by atoms with Gasteiger partial charge in [-0.1, -0.05) is 32.1 Å². The Morgan fingerprint density at radius 1 is 1.05 bits per heavy atom. The molecule has 3 fully saturated rings. The van der Waals surface area contributed by atoms with Crippen LogP contribution in [0.2, 0.25) is 0 Å². The molecule has 0 aromatic heterocycles. The third kappa shape index (κ3) is 2.42. The van der Waals surface area contributed by atoms with Gasteiger partial charge in [0.25, 0.3) is 0 Å². The summed E-state index contributed by atoms with van der Waals surface area (Å²) in [7, 11) is 0. The van der Waals surface area contributed by atoms with Gasteiger partial charge in [-0.05, 0) is 37.5 Å². The van der Waals surface area contributed by atoms with Crippen molar-refractivity contribution in [3.8, 4) is 0 Å². The molecule has 0 radical (unpaired) electrons. The number of piperidine rings is 1. The van der Waals surface area contributed by atoms with Crippen molar-refractivity contribution in [2.45, 2.75) is 57.8 Å². The maximum absolute atomic E-state index is 12.9. The zero-order valence-corrected chi connectivity index (χ0v) is 12.1. The van der Waals surface area contributed by atoms with Crippen LogP contribution in [0.5, 0.6) is 0 Å². The summed E-state index contributed by atoms with van der Waals surface area (Å²) in [6, 6.07) is 0. The fourth-order valence-corrected chi connectivity index (χ4v) is 4.68. The van der Waals surface area contributed by atoms with Gasteiger partial charge in [-0.3, -0.25) is 4.79 Å². The van der Waals surface area contributed by atoms with Crippen LogP contribution in [0, 0.1) is 17.3 Å². The summed E-state index contributed by atoms with van der Waals surface area (Å²) in [5.74, 6) is 2.06. The van der Waals surface area contributed by atoms with E-state index in [2.05, 4.69) is 4.90 Å². The van der Waals surface area contributed by atoms with Crippen molar-refractivity contribution >= 4 is 5.91 Å². The van der Waals surface area contributed by atoms with E-state index in [0.717, 1.165) is 37.8 Å². The molecule has 3 rings (SSSR count). The van der Waals surface area contributed by atoms with Gasteiger partial charge in [0.1, 0.15) is 0 Å². The van der Waals surface area contributed by atoms with Crippen LogP contribution in [0.15, 0.2) is 0 Å². The lowest BCUT2D eigenvalue weighted by Crippen LogP contribution is -2.52. The Kier molecular flexibility index (Phi) is 3.84. The zero-order chi connectivity index (χ0) is 13.3. The molecule has 1 aliphatic heterocycles. The molecule has 2 atom stereocenters. The van der Waals surface area contributed by atoms with Gasteiger partial charge < -0.3 is 10.6 Å². The molecule has 3 nitrogen and oxygen atoms in total. The number of hydrogen-bond acceptors (Lipinski definition) is 2. The fraction of sp³-hybridized carbons (Fsp3) is 0.938. The Balaban J connectivity index is 1.67. The predicted octanol–water partition coefficient (Wildman–Crippen LogP) is 2.54. The second-order valence-corrected chi connectivity index (χ2v) is 7.04. The quantitative estimate of drug-likeness (QED) is 0.833. The van der Waals surface area contributed by atoms with Crippen molar-refractivity contribution in [2.24, 2.45) is 23.0 Å². The van der Waals surface area contributed by atoms with Crippen LogP contribution < -0.4 is 5.73 Å². The maximum atomic E-state index is 12.9. The lowest BCUT2D eigenvalue weighted by Gasteiger charge is -2.44. The number of likely N-dealkylation sites (tertiary alicyclic amines) is 1. The minimum atomic E-state index is -0.193. The first-order valence-electron chi connectivity index (χ1n) is 8.25. The number of carbonyl (C=O) groups is 1. The molecule has 2 unspecified atom stereocenters. The van der Waals surface area contributed by atoms with E-state index < -0.39 is 0 Å². The average molecular weight is 264 g/mol. The monoisotopic (exact) mass is 264 g/mol. The summed E-state index contributed by atoms with van der Waals surface area (Å²) in [6.07, 6.45) is 11.1. The van der Waals surface area contributed by atoms with E-state index in [1.807, 2.05) is 0 Å². The molecule has 3 aliphatic rings. The molecule has 1 heterocycles. The average Bonchev–Trinajstić information content (AvgIpc) is 2.96. The number of rotatable bonds is 2. The number of nitrogens with two attached hydrogens (primary N) is 1. The smallest absolute Gasteiger partial charge is 0.230 e. The normalized spacial score (nSPS) is 34.1. The second kappa shape index (κ2) is 5.43. The summed E-state index contributed by atoms with van der Waals surface area (Å²) < 4.78 is 0. The molecule has 0 aromatic rings. The lowest BCUT2D eigenvalue weighted by atomic mass is 9.74. The summed E-state index contributed by atoms with van der Waals surface area (Å²) in [5, 5.41) is 0. The van der Waals surface area contributed by atoms with E-state index in [4.69, 9.17) is 5.73 Å². The first-order valence-corrected chi connectivity index (χ1v) is 8.25. The van der Waals surface area contributed by atoms with E-state index in [1.165, 1.54) is 44.9 Å². The summed E-state index contributed by atoms with van der Waals surface area (Å²) in [5.41, 5.74) is 5.77. The predicted molar refractivity (Wildman–Crippen MR) is 76.6 cm³/mol. The van der Waals surface area contributed by atoms with Crippen LogP contribution in [-0.4, -0.2) is 30.4 Å².